The van der Waals surface area contributed by atoms with Crippen LogP contribution >= 0.6 is 11.6 Å². The normalized spacial score (nSPS) is 10.2. The number of hydrazone groups is 1. The van der Waals surface area contributed by atoms with E-state index in [1.807, 2.05) is 18.2 Å². The van der Waals surface area contributed by atoms with Gasteiger partial charge >= 0.3 is 0 Å². The summed E-state index contributed by atoms with van der Waals surface area (Å²) in [6, 6.07) is 7.25. The fourth-order valence-corrected chi connectivity index (χ4v) is 0.936. The van der Waals surface area contributed by atoms with E-state index in [-0.39, 0.29) is 5.96 Å². The van der Waals surface area contributed by atoms with Crippen molar-refractivity contribution in [2.45, 2.75) is 0 Å². The molecule has 0 radical (unpaired) electrons. The van der Waals surface area contributed by atoms with Crippen molar-refractivity contribution in [3.05, 3.63) is 34.9 Å². The van der Waals surface area contributed by atoms with Crippen LogP contribution in [-0.2, 0) is 0 Å². The van der Waals surface area contributed by atoms with E-state index in [4.69, 9.17) is 22.7 Å². The molecule has 4 N–H and O–H groups in total. The van der Waals surface area contributed by atoms with E-state index in [0.29, 0.717) is 5.02 Å². The maximum absolute atomic E-state index is 6.83. The summed E-state index contributed by atoms with van der Waals surface area (Å²) in [5.74, 6) is -0.205. The highest BCUT2D eigenvalue weighted by atomic mass is 35.5. The van der Waals surface area contributed by atoms with Gasteiger partial charge in [0, 0.05) is 10.6 Å². The minimum atomic E-state index is -0.205. The Morgan fingerprint density at radius 1 is 1.54 bits per heavy atom. The van der Waals surface area contributed by atoms with Gasteiger partial charge in [0.2, 0.25) is 5.96 Å². The molecule has 1 aromatic carbocycles. The Hall–Kier alpha value is -1.55. The molecule has 0 heterocycles. The molecule has 0 aliphatic heterocycles. The number of nitrogens with one attached hydrogen (secondary N) is 2. The summed E-state index contributed by atoms with van der Waals surface area (Å²) in [7, 11) is 0. The zero-order valence-electron chi connectivity index (χ0n) is 6.79. The van der Waals surface area contributed by atoms with Crippen molar-refractivity contribution >= 4 is 23.8 Å². The first-order valence-electron chi connectivity index (χ1n) is 3.58. The highest BCUT2D eigenvalue weighted by molar-refractivity contribution is 6.33. The van der Waals surface area contributed by atoms with Gasteiger partial charge < -0.3 is 5.73 Å². The van der Waals surface area contributed by atoms with Crippen LogP contribution in [0.4, 0.5) is 0 Å². The topological polar surface area (TPSA) is 74.3 Å². The van der Waals surface area contributed by atoms with Gasteiger partial charge in [-0.25, -0.2) is 5.43 Å². The van der Waals surface area contributed by atoms with E-state index in [1.165, 1.54) is 6.21 Å². The third-order valence-corrected chi connectivity index (χ3v) is 1.64. The SMILES string of the molecule is N=C(N)NN=Cc1ccccc1Cl. The highest BCUT2D eigenvalue weighted by Crippen LogP contribution is 2.11. The maximum atomic E-state index is 6.83. The van der Waals surface area contributed by atoms with Gasteiger partial charge in [-0.2, -0.15) is 5.10 Å². The van der Waals surface area contributed by atoms with Crippen molar-refractivity contribution < 1.29 is 0 Å². The molecular formula is C8H9ClN4. The van der Waals surface area contributed by atoms with Crippen LogP contribution in [0.2, 0.25) is 5.02 Å². The summed E-state index contributed by atoms with van der Waals surface area (Å²) >= 11 is 5.84. The lowest BCUT2D eigenvalue weighted by molar-refractivity contribution is 1.00. The quantitative estimate of drug-likeness (QED) is 0.377. The van der Waals surface area contributed by atoms with Gasteiger partial charge in [0.25, 0.3) is 0 Å². The number of nitrogens with zero attached hydrogens (tertiary/aromatic N) is 1. The average Bonchev–Trinajstić information content (AvgIpc) is 2.08. The minimum Gasteiger partial charge on any atom is -0.369 e. The van der Waals surface area contributed by atoms with E-state index in [2.05, 4.69) is 10.5 Å². The molecule has 0 atom stereocenters. The van der Waals surface area contributed by atoms with E-state index < -0.39 is 0 Å². The van der Waals surface area contributed by atoms with Crippen LogP contribution in [0, 0.1) is 5.41 Å². The van der Waals surface area contributed by atoms with E-state index in [9.17, 15) is 0 Å². The molecule has 0 saturated carbocycles. The molecule has 13 heavy (non-hydrogen) atoms. The molecule has 0 unspecified atom stereocenters. The molecule has 1 rings (SSSR count). The van der Waals surface area contributed by atoms with Crippen molar-refractivity contribution in [3.63, 3.8) is 0 Å². The standard InChI is InChI=1S/C8H9ClN4/c9-7-4-2-1-3-6(7)5-12-13-8(10)11/h1-5H,(H4,10,11,13). The Morgan fingerprint density at radius 3 is 2.85 bits per heavy atom. The van der Waals surface area contributed by atoms with Gasteiger partial charge in [0.15, 0.2) is 0 Å². The Balaban J connectivity index is 2.68. The van der Waals surface area contributed by atoms with Crippen molar-refractivity contribution in [3.8, 4) is 0 Å². The lowest BCUT2D eigenvalue weighted by Crippen LogP contribution is -2.25. The van der Waals surface area contributed by atoms with Crippen molar-refractivity contribution in [2.75, 3.05) is 0 Å². The summed E-state index contributed by atoms with van der Waals surface area (Å²) in [5, 5.41) is 11.1. The second kappa shape index (κ2) is 4.47. The van der Waals surface area contributed by atoms with Gasteiger partial charge in [-0.15, -0.1) is 0 Å². The predicted octanol–water partition coefficient (Wildman–Crippen LogP) is 1.16. The number of benzene rings is 1. The average molecular weight is 197 g/mol. The fraction of sp³-hybridized carbons (Fsp3) is 0. The van der Waals surface area contributed by atoms with Gasteiger partial charge in [0.05, 0.1) is 6.21 Å². The Kier molecular flexibility index (Phi) is 3.28. The zero-order valence-corrected chi connectivity index (χ0v) is 7.55. The van der Waals surface area contributed by atoms with Crippen LogP contribution in [0.5, 0.6) is 0 Å². The number of halogens is 1. The number of guanidine groups is 1. The lowest BCUT2D eigenvalue weighted by atomic mass is 10.2. The van der Waals surface area contributed by atoms with E-state index >= 15 is 0 Å². The first-order chi connectivity index (χ1) is 6.20. The third-order valence-electron chi connectivity index (χ3n) is 1.29. The van der Waals surface area contributed by atoms with Crippen LogP contribution < -0.4 is 11.2 Å². The fourth-order valence-electron chi connectivity index (χ4n) is 0.751. The molecule has 5 heteroatoms. The molecule has 0 bridgehead atoms. The van der Waals surface area contributed by atoms with Gasteiger partial charge in [-0.1, -0.05) is 29.8 Å². The summed E-state index contributed by atoms with van der Waals surface area (Å²) in [4.78, 5) is 0. The summed E-state index contributed by atoms with van der Waals surface area (Å²) < 4.78 is 0. The first kappa shape index (κ1) is 9.54. The largest absolute Gasteiger partial charge is 0.369 e. The molecule has 0 aromatic heterocycles. The van der Waals surface area contributed by atoms with Crippen LogP contribution in [-0.4, -0.2) is 12.2 Å². The van der Waals surface area contributed by atoms with Gasteiger partial charge in [-0.05, 0) is 6.07 Å². The Labute approximate surface area is 80.9 Å². The zero-order chi connectivity index (χ0) is 9.68. The molecule has 68 valence electrons. The molecule has 4 nitrogen and oxygen atoms in total. The molecule has 1 aromatic rings. The number of rotatable bonds is 2. The van der Waals surface area contributed by atoms with E-state index in [1.54, 1.807) is 6.07 Å². The minimum absolute atomic E-state index is 0.205. The van der Waals surface area contributed by atoms with Gasteiger partial charge in [0.1, 0.15) is 0 Å². The van der Waals surface area contributed by atoms with Gasteiger partial charge in [-0.3, -0.25) is 5.41 Å². The first-order valence-corrected chi connectivity index (χ1v) is 3.95. The summed E-state index contributed by atoms with van der Waals surface area (Å²) in [5.41, 5.74) is 8.09. The Bertz CT molecular complexity index is 335. The molecule has 0 fully saturated rings. The maximum Gasteiger partial charge on any atom is 0.206 e. The van der Waals surface area contributed by atoms with Crippen LogP contribution in [0.3, 0.4) is 0 Å². The van der Waals surface area contributed by atoms with E-state index in [0.717, 1.165) is 5.56 Å². The number of nitrogens with two attached hydrogens (primary N) is 1. The third kappa shape index (κ3) is 3.13. The van der Waals surface area contributed by atoms with Crippen LogP contribution in [0.1, 0.15) is 5.56 Å². The molecule has 0 saturated heterocycles. The lowest BCUT2D eigenvalue weighted by Gasteiger charge is -1.96. The van der Waals surface area contributed by atoms with Crippen molar-refractivity contribution in [2.24, 2.45) is 10.8 Å². The molecule has 0 spiro atoms. The van der Waals surface area contributed by atoms with Crippen molar-refractivity contribution in [1.82, 2.24) is 5.43 Å². The van der Waals surface area contributed by atoms with Crippen LogP contribution in [0.25, 0.3) is 0 Å². The second-order valence-corrected chi connectivity index (χ2v) is 2.71. The highest BCUT2D eigenvalue weighted by Gasteiger charge is 1.93. The van der Waals surface area contributed by atoms with Crippen molar-refractivity contribution in [1.29, 1.82) is 5.41 Å². The second-order valence-electron chi connectivity index (χ2n) is 2.31. The summed E-state index contributed by atoms with van der Waals surface area (Å²) in [6.45, 7) is 0. The van der Waals surface area contributed by atoms with Crippen LogP contribution in [0.15, 0.2) is 29.4 Å². The number of hydrogen-bond donors (Lipinski definition) is 3. The Morgan fingerprint density at radius 2 is 2.23 bits per heavy atom. The molecule has 0 amide bonds. The monoisotopic (exact) mass is 196 g/mol. The number of hydrogen-bond acceptors (Lipinski definition) is 2. The smallest absolute Gasteiger partial charge is 0.206 e. The molecule has 0 aliphatic carbocycles. The molecule has 0 aliphatic rings. The molecular weight excluding hydrogens is 188 g/mol. The predicted molar refractivity (Wildman–Crippen MR) is 54.1 cm³/mol. The summed E-state index contributed by atoms with van der Waals surface area (Å²) in [6.07, 6.45) is 1.50.